The number of anilines is 3. The van der Waals surface area contributed by atoms with Crippen molar-refractivity contribution in [3.63, 3.8) is 0 Å². The molecule has 90 valence electrons. The van der Waals surface area contributed by atoms with Gasteiger partial charge in [0.25, 0.3) is 0 Å². The van der Waals surface area contributed by atoms with Crippen LogP contribution in [0.3, 0.4) is 0 Å². The molecule has 3 N–H and O–H groups in total. The summed E-state index contributed by atoms with van der Waals surface area (Å²) in [5, 5.41) is 11.8. The fourth-order valence-corrected chi connectivity index (χ4v) is 1.51. The number of nitrogens with two attached hydrogens (primary N) is 1. The maximum absolute atomic E-state index is 13.0. The molecule has 18 heavy (non-hydrogen) atoms. The minimum atomic E-state index is -0.463. The summed E-state index contributed by atoms with van der Waals surface area (Å²) in [5.74, 6) is 0.136. The molecule has 6 heteroatoms. The van der Waals surface area contributed by atoms with E-state index in [1.807, 2.05) is 6.07 Å². The van der Waals surface area contributed by atoms with Gasteiger partial charge in [-0.1, -0.05) is 0 Å². The number of halogens is 1. The highest BCUT2D eigenvalue weighted by Gasteiger charge is 2.06. The van der Waals surface area contributed by atoms with Crippen molar-refractivity contribution in [1.82, 2.24) is 9.97 Å². The lowest BCUT2D eigenvalue weighted by molar-refractivity contribution is 0.627. The van der Waals surface area contributed by atoms with Crippen molar-refractivity contribution in [2.24, 2.45) is 0 Å². The molecule has 0 bridgehead atoms. The average Bonchev–Trinajstić information content (AvgIpc) is 2.30. The van der Waals surface area contributed by atoms with Crippen LogP contribution in [0, 0.1) is 24.1 Å². The van der Waals surface area contributed by atoms with E-state index in [1.54, 1.807) is 13.0 Å². The standard InChI is InChI=1S/C12H10FN5/c1-7-4-11(18-12(15)16-7)17-10-3-2-9(13)5-8(10)6-14/h2-5H,1H3,(H3,15,16,17,18). The largest absolute Gasteiger partial charge is 0.368 e. The number of nitrogen functional groups attached to an aromatic ring is 1. The van der Waals surface area contributed by atoms with Gasteiger partial charge >= 0.3 is 0 Å². The van der Waals surface area contributed by atoms with Crippen molar-refractivity contribution in [1.29, 1.82) is 5.26 Å². The van der Waals surface area contributed by atoms with Crippen molar-refractivity contribution in [2.45, 2.75) is 6.92 Å². The lowest BCUT2D eigenvalue weighted by Gasteiger charge is -2.08. The highest BCUT2D eigenvalue weighted by atomic mass is 19.1. The molecule has 0 aliphatic heterocycles. The quantitative estimate of drug-likeness (QED) is 0.843. The number of hydrogen-bond donors (Lipinski definition) is 2. The van der Waals surface area contributed by atoms with Gasteiger partial charge in [0.1, 0.15) is 17.7 Å². The van der Waals surface area contributed by atoms with Gasteiger partial charge in [0.15, 0.2) is 0 Å². The van der Waals surface area contributed by atoms with E-state index >= 15 is 0 Å². The van der Waals surface area contributed by atoms with Crippen LogP contribution in [0.15, 0.2) is 24.3 Å². The molecule has 0 saturated carbocycles. The summed E-state index contributed by atoms with van der Waals surface area (Å²) >= 11 is 0. The lowest BCUT2D eigenvalue weighted by atomic mass is 10.2. The third-order valence-electron chi connectivity index (χ3n) is 2.24. The van der Waals surface area contributed by atoms with Crippen LogP contribution in [0.1, 0.15) is 11.3 Å². The number of nitrogens with zero attached hydrogens (tertiary/aromatic N) is 3. The van der Waals surface area contributed by atoms with Crippen LogP contribution < -0.4 is 11.1 Å². The Labute approximate surface area is 103 Å². The predicted octanol–water partition coefficient (Wildman–Crippen LogP) is 2.12. The minimum Gasteiger partial charge on any atom is -0.368 e. The molecule has 0 saturated heterocycles. The number of nitrogens with one attached hydrogen (secondary N) is 1. The van der Waals surface area contributed by atoms with Gasteiger partial charge in [-0.3, -0.25) is 0 Å². The lowest BCUT2D eigenvalue weighted by Crippen LogP contribution is -2.02. The number of aromatic nitrogens is 2. The first-order chi connectivity index (χ1) is 8.58. The highest BCUT2D eigenvalue weighted by Crippen LogP contribution is 2.20. The fourth-order valence-electron chi connectivity index (χ4n) is 1.51. The Morgan fingerprint density at radius 1 is 1.33 bits per heavy atom. The summed E-state index contributed by atoms with van der Waals surface area (Å²) in [6, 6.07) is 7.48. The molecular formula is C12H10FN5. The van der Waals surface area contributed by atoms with Gasteiger partial charge < -0.3 is 11.1 Å². The van der Waals surface area contributed by atoms with Gasteiger partial charge in [-0.15, -0.1) is 0 Å². The smallest absolute Gasteiger partial charge is 0.222 e. The van der Waals surface area contributed by atoms with Crippen LogP contribution in [-0.2, 0) is 0 Å². The van der Waals surface area contributed by atoms with Crippen molar-refractivity contribution >= 4 is 17.5 Å². The molecule has 0 aliphatic carbocycles. The Balaban J connectivity index is 2.37. The van der Waals surface area contributed by atoms with E-state index < -0.39 is 5.82 Å². The molecule has 2 aromatic rings. The van der Waals surface area contributed by atoms with Crippen molar-refractivity contribution in [3.8, 4) is 6.07 Å². The second kappa shape index (κ2) is 4.67. The Bertz CT molecular complexity index is 613. The Hall–Kier alpha value is -2.68. The molecule has 5 nitrogen and oxygen atoms in total. The topological polar surface area (TPSA) is 87.6 Å². The van der Waals surface area contributed by atoms with Crippen molar-refractivity contribution in [3.05, 3.63) is 41.3 Å². The molecule has 1 heterocycles. The van der Waals surface area contributed by atoms with E-state index in [2.05, 4.69) is 15.3 Å². The second-order valence-electron chi connectivity index (χ2n) is 3.68. The zero-order chi connectivity index (χ0) is 13.1. The van der Waals surface area contributed by atoms with E-state index in [0.29, 0.717) is 17.2 Å². The molecule has 1 aromatic carbocycles. The van der Waals surface area contributed by atoms with Crippen molar-refractivity contribution < 1.29 is 4.39 Å². The maximum atomic E-state index is 13.0. The molecule has 0 radical (unpaired) electrons. The van der Waals surface area contributed by atoms with Crippen LogP contribution in [0.5, 0.6) is 0 Å². The van der Waals surface area contributed by atoms with E-state index in [0.717, 1.165) is 6.07 Å². The van der Waals surface area contributed by atoms with Crippen LogP contribution in [-0.4, -0.2) is 9.97 Å². The highest BCUT2D eigenvalue weighted by molar-refractivity contribution is 5.65. The molecular weight excluding hydrogens is 233 g/mol. The molecule has 0 atom stereocenters. The summed E-state index contributed by atoms with van der Waals surface area (Å²) in [6.45, 7) is 1.78. The van der Waals surface area contributed by atoms with E-state index in [4.69, 9.17) is 11.0 Å². The average molecular weight is 243 g/mol. The molecule has 0 spiro atoms. The van der Waals surface area contributed by atoms with Gasteiger partial charge in [-0.2, -0.15) is 10.2 Å². The summed E-state index contributed by atoms with van der Waals surface area (Å²) in [6.07, 6.45) is 0. The zero-order valence-corrected chi connectivity index (χ0v) is 9.61. The number of hydrogen-bond acceptors (Lipinski definition) is 5. The third-order valence-corrected chi connectivity index (χ3v) is 2.24. The van der Waals surface area contributed by atoms with Gasteiger partial charge in [-0.25, -0.2) is 9.37 Å². The summed E-state index contributed by atoms with van der Waals surface area (Å²) in [4.78, 5) is 7.91. The number of aryl methyl sites for hydroxylation is 1. The zero-order valence-electron chi connectivity index (χ0n) is 9.61. The minimum absolute atomic E-state index is 0.137. The monoisotopic (exact) mass is 243 g/mol. The fraction of sp³-hybridized carbons (Fsp3) is 0.0833. The first-order valence-corrected chi connectivity index (χ1v) is 5.16. The number of rotatable bonds is 2. The Morgan fingerprint density at radius 3 is 2.78 bits per heavy atom. The van der Waals surface area contributed by atoms with Crippen LogP contribution >= 0.6 is 0 Å². The Kier molecular flexibility index (Phi) is 3.06. The summed E-state index contributed by atoms with van der Waals surface area (Å²) < 4.78 is 13.0. The SMILES string of the molecule is Cc1cc(Nc2ccc(F)cc2C#N)nc(N)n1. The molecule has 0 aliphatic rings. The summed E-state index contributed by atoms with van der Waals surface area (Å²) in [5.41, 5.74) is 6.89. The van der Waals surface area contributed by atoms with Crippen LogP contribution in [0.25, 0.3) is 0 Å². The van der Waals surface area contributed by atoms with E-state index in [1.165, 1.54) is 12.1 Å². The van der Waals surface area contributed by atoms with Crippen LogP contribution in [0.4, 0.5) is 21.8 Å². The van der Waals surface area contributed by atoms with Gasteiger partial charge in [0.2, 0.25) is 5.95 Å². The molecule has 0 fully saturated rings. The van der Waals surface area contributed by atoms with Gasteiger partial charge in [-0.05, 0) is 25.1 Å². The summed E-state index contributed by atoms with van der Waals surface area (Å²) in [7, 11) is 0. The van der Waals surface area contributed by atoms with E-state index in [-0.39, 0.29) is 11.5 Å². The molecule has 1 aromatic heterocycles. The molecule has 0 unspecified atom stereocenters. The van der Waals surface area contributed by atoms with Crippen LogP contribution in [0.2, 0.25) is 0 Å². The Morgan fingerprint density at radius 2 is 2.11 bits per heavy atom. The van der Waals surface area contributed by atoms with Crippen molar-refractivity contribution in [2.75, 3.05) is 11.1 Å². The molecule has 2 rings (SSSR count). The van der Waals surface area contributed by atoms with Gasteiger partial charge in [0.05, 0.1) is 11.3 Å². The normalized spacial score (nSPS) is 9.83. The predicted molar refractivity (Wildman–Crippen MR) is 65.6 cm³/mol. The van der Waals surface area contributed by atoms with E-state index in [9.17, 15) is 4.39 Å². The molecule has 0 amide bonds. The second-order valence-corrected chi connectivity index (χ2v) is 3.68. The third kappa shape index (κ3) is 2.52. The number of nitriles is 1. The first kappa shape index (κ1) is 11.8. The maximum Gasteiger partial charge on any atom is 0.222 e. The number of benzene rings is 1. The van der Waals surface area contributed by atoms with Gasteiger partial charge in [0, 0.05) is 11.8 Å². The first-order valence-electron chi connectivity index (χ1n) is 5.16.